The fourth-order valence-corrected chi connectivity index (χ4v) is 4.23. The number of nitrogens with zero attached hydrogens (tertiary/aromatic N) is 1. The van der Waals surface area contributed by atoms with Gasteiger partial charge in [0.05, 0.1) is 12.1 Å². The van der Waals surface area contributed by atoms with Crippen LogP contribution in [0.15, 0.2) is 48.5 Å². The Kier molecular flexibility index (Phi) is 8.67. The summed E-state index contributed by atoms with van der Waals surface area (Å²) in [7, 11) is 1.86. The molecule has 1 fully saturated rings. The molecule has 0 bridgehead atoms. The van der Waals surface area contributed by atoms with E-state index in [-0.39, 0.29) is 24.2 Å². The molecule has 0 atom stereocenters. The standard InChI is InChI=1S/C28H37NO4/c1-28(2,3)33-26(30)20-29(4)17-18-32-25-16-15-23(21-11-7-5-8-12-21)19-24(25)27(31)22-13-9-6-10-14-22/h5,7-8,11-12,15-16,19,22H,6,9-10,13-14,17-18,20H2,1-4H3. The Hall–Kier alpha value is -2.66. The topological polar surface area (TPSA) is 55.8 Å². The van der Waals surface area contributed by atoms with Crippen molar-refractivity contribution in [1.29, 1.82) is 0 Å². The summed E-state index contributed by atoms with van der Waals surface area (Å²) in [6.45, 7) is 6.71. The monoisotopic (exact) mass is 451 g/mol. The van der Waals surface area contributed by atoms with E-state index in [0.29, 0.717) is 24.5 Å². The van der Waals surface area contributed by atoms with Gasteiger partial charge in [0, 0.05) is 12.5 Å². The Morgan fingerprint density at radius 1 is 0.970 bits per heavy atom. The second kappa shape index (κ2) is 11.5. The van der Waals surface area contributed by atoms with E-state index in [1.54, 1.807) is 0 Å². The minimum atomic E-state index is -0.497. The molecule has 0 amide bonds. The van der Waals surface area contributed by atoms with Crippen LogP contribution in [0.3, 0.4) is 0 Å². The van der Waals surface area contributed by atoms with Crippen LogP contribution in [0.25, 0.3) is 11.1 Å². The number of carbonyl (C=O) groups excluding carboxylic acids is 2. The fourth-order valence-electron chi connectivity index (χ4n) is 4.23. The normalized spacial score (nSPS) is 14.8. The van der Waals surface area contributed by atoms with Crippen molar-refractivity contribution in [3.05, 3.63) is 54.1 Å². The molecule has 0 heterocycles. The average Bonchev–Trinajstić information content (AvgIpc) is 2.78. The Balaban J connectivity index is 1.69. The van der Waals surface area contributed by atoms with Crippen LogP contribution in [0, 0.1) is 5.92 Å². The molecular weight excluding hydrogens is 414 g/mol. The fraction of sp³-hybridized carbons (Fsp3) is 0.500. The smallest absolute Gasteiger partial charge is 0.320 e. The molecule has 5 heteroatoms. The molecule has 2 aromatic carbocycles. The van der Waals surface area contributed by atoms with Crippen molar-refractivity contribution >= 4 is 11.8 Å². The summed E-state index contributed by atoms with van der Waals surface area (Å²) in [5, 5.41) is 0. The second-order valence-electron chi connectivity index (χ2n) is 9.95. The van der Waals surface area contributed by atoms with E-state index in [0.717, 1.165) is 36.8 Å². The van der Waals surface area contributed by atoms with Crippen molar-refractivity contribution in [2.45, 2.75) is 58.5 Å². The summed E-state index contributed by atoms with van der Waals surface area (Å²) in [5.41, 5.74) is 2.27. The predicted octanol–water partition coefficient (Wildman–Crippen LogP) is 5.77. The van der Waals surface area contributed by atoms with Crippen LogP contribution in [0.4, 0.5) is 0 Å². The van der Waals surface area contributed by atoms with Crippen molar-refractivity contribution in [2.75, 3.05) is 26.7 Å². The highest BCUT2D eigenvalue weighted by molar-refractivity contribution is 6.01. The summed E-state index contributed by atoms with van der Waals surface area (Å²) in [6.07, 6.45) is 5.33. The first-order valence-corrected chi connectivity index (χ1v) is 12.0. The van der Waals surface area contributed by atoms with Crippen molar-refractivity contribution in [3.8, 4) is 16.9 Å². The highest BCUT2D eigenvalue weighted by atomic mass is 16.6. The molecule has 0 spiro atoms. The van der Waals surface area contributed by atoms with Gasteiger partial charge >= 0.3 is 5.97 Å². The first kappa shape index (κ1) is 25.0. The maximum atomic E-state index is 13.4. The highest BCUT2D eigenvalue weighted by Gasteiger charge is 2.25. The number of rotatable bonds is 9. The van der Waals surface area contributed by atoms with Crippen LogP contribution in [0.1, 0.15) is 63.2 Å². The third kappa shape index (κ3) is 7.71. The molecule has 178 valence electrons. The number of carbonyl (C=O) groups is 2. The van der Waals surface area contributed by atoms with E-state index in [1.165, 1.54) is 6.42 Å². The molecule has 0 unspecified atom stereocenters. The molecule has 33 heavy (non-hydrogen) atoms. The third-order valence-corrected chi connectivity index (χ3v) is 5.88. The molecule has 0 aromatic heterocycles. The van der Waals surface area contributed by atoms with E-state index in [4.69, 9.17) is 9.47 Å². The lowest BCUT2D eigenvalue weighted by molar-refractivity contribution is -0.155. The largest absolute Gasteiger partial charge is 0.491 e. The van der Waals surface area contributed by atoms with E-state index in [2.05, 4.69) is 12.1 Å². The number of esters is 1. The Labute approximate surface area is 198 Å². The van der Waals surface area contributed by atoms with E-state index < -0.39 is 5.60 Å². The van der Waals surface area contributed by atoms with Gasteiger partial charge in [-0.05, 0) is 63.9 Å². The average molecular weight is 452 g/mol. The van der Waals surface area contributed by atoms with Gasteiger partial charge in [-0.1, -0.05) is 55.7 Å². The van der Waals surface area contributed by atoms with E-state index in [1.807, 2.05) is 69.1 Å². The highest BCUT2D eigenvalue weighted by Crippen LogP contribution is 2.33. The SMILES string of the molecule is CN(CCOc1ccc(-c2ccccc2)cc1C(=O)C1CCCCC1)CC(=O)OC(C)(C)C. The van der Waals surface area contributed by atoms with Crippen molar-refractivity contribution in [2.24, 2.45) is 5.92 Å². The lowest BCUT2D eigenvalue weighted by Crippen LogP contribution is -2.34. The number of hydrogen-bond acceptors (Lipinski definition) is 5. The molecule has 3 rings (SSSR count). The summed E-state index contributed by atoms with van der Waals surface area (Å²) < 4.78 is 11.5. The zero-order valence-electron chi connectivity index (χ0n) is 20.4. The van der Waals surface area contributed by atoms with Crippen LogP contribution in [0.2, 0.25) is 0 Å². The first-order chi connectivity index (χ1) is 15.7. The molecule has 1 aliphatic rings. The number of ketones is 1. The summed E-state index contributed by atoms with van der Waals surface area (Å²) in [5.74, 6) is 0.618. The quantitative estimate of drug-likeness (QED) is 0.358. The lowest BCUT2D eigenvalue weighted by atomic mass is 9.83. The molecular formula is C28H37NO4. The Morgan fingerprint density at radius 3 is 2.33 bits per heavy atom. The summed E-state index contributed by atoms with van der Waals surface area (Å²) in [4.78, 5) is 27.3. The minimum absolute atomic E-state index is 0.0713. The van der Waals surface area contributed by atoms with Gasteiger partial charge in [0.1, 0.15) is 18.0 Å². The van der Waals surface area contributed by atoms with Gasteiger partial charge in [0.25, 0.3) is 0 Å². The van der Waals surface area contributed by atoms with Crippen LogP contribution < -0.4 is 4.74 Å². The van der Waals surface area contributed by atoms with Gasteiger partial charge in [0.2, 0.25) is 0 Å². The van der Waals surface area contributed by atoms with Gasteiger partial charge in [-0.25, -0.2) is 0 Å². The molecule has 0 saturated heterocycles. The summed E-state index contributed by atoms with van der Waals surface area (Å²) >= 11 is 0. The molecule has 5 nitrogen and oxygen atoms in total. The molecule has 0 N–H and O–H groups in total. The van der Waals surface area contributed by atoms with E-state index in [9.17, 15) is 9.59 Å². The number of benzene rings is 2. The van der Waals surface area contributed by atoms with Gasteiger partial charge < -0.3 is 9.47 Å². The molecule has 1 aliphatic carbocycles. The van der Waals surface area contributed by atoms with Gasteiger partial charge in [-0.15, -0.1) is 0 Å². The molecule has 1 saturated carbocycles. The maximum absolute atomic E-state index is 13.4. The first-order valence-electron chi connectivity index (χ1n) is 12.0. The number of Topliss-reactive ketones (excluding diaryl/α,β-unsaturated/α-hetero) is 1. The lowest BCUT2D eigenvalue weighted by Gasteiger charge is -2.23. The number of ether oxygens (including phenoxy) is 2. The zero-order chi connectivity index (χ0) is 23.8. The zero-order valence-corrected chi connectivity index (χ0v) is 20.4. The van der Waals surface area contributed by atoms with Crippen molar-refractivity contribution in [1.82, 2.24) is 4.90 Å². The van der Waals surface area contributed by atoms with Crippen LogP contribution in [-0.2, 0) is 9.53 Å². The van der Waals surface area contributed by atoms with Crippen LogP contribution in [-0.4, -0.2) is 49.0 Å². The second-order valence-corrected chi connectivity index (χ2v) is 9.95. The third-order valence-electron chi connectivity index (χ3n) is 5.88. The number of hydrogen-bond donors (Lipinski definition) is 0. The Bertz CT molecular complexity index is 927. The molecule has 0 radical (unpaired) electrons. The van der Waals surface area contributed by atoms with Gasteiger partial charge in [-0.2, -0.15) is 0 Å². The van der Waals surface area contributed by atoms with Crippen molar-refractivity contribution < 1.29 is 19.1 Å². The van der Waals surface area contributed by atoms with Gasteiger partial charge in [0.15, 0.2) is 5.78 Å². The van der Waals surface area contributed by atoms with Crippen molar-refractivity contribution in [3.63, 3.8) is 0 Å². The Morgan fingerprint density at radius 2 is 1.67 bits per heavy atom. The minimum Gasteiger partial charge on any atom is -0.491 e. The maximum Gasteiger partial charge on any atom is 0.320 e. The van der Waals surface area contributed by atoms with E-state index >= 15 is 0 Å². The van der Waals surface area contributed by atoms with Crippen LogP contribution >= 0.6 is 0 Å². The van der Waals surface area contributed by atoms with Gasteiger partial charge in [-0.3, -0.25) is 14.5 Å². The molecule has 0 aliphatic heterocycles. The predicted molar refractivity (Wildman–Crippen MR) is 132 cm³/mol. The van der Waals surface area contributed by atoms with Crippen LogP contribution in [0.5, 0.6) is 5.75 Å². The molecule has 2 aromatic rings. The number of likely N-dealkylation sites (N-methyl/N-ethyl adjacent to an activating group) is 1. The summed E-state index contributed by atoms with van der Waals surface area (Å²) in [6, 6.07) is 16.0.